The lowest BCUT2D eigenvalue weighted by molar-refractivity contribution is -0.117. The highest BCUT2D eigenvalue weighted by Crippen LogP contribution is 2.24. The van der Waals surface area contributed by atoms with E-state index in [1.54, 1.807) is 11.0 Å². The number of carboxylic acid groups (broad SMARTS) is 1. The Balaban J connectivity index is 2.47. The normalized spacial score (nSPS) is 14.8. The Morgan fingerprint density at radius 3 is 2.71 bits per heavy atom. The number of hydrogen-bond acceptors (Lipinski definition) is 2. The SMILES string of the molecule is C#Cc1cc(C(=O)O)cc(N2CCCC2=O)c1. The zero-order chi connectivity index (χ0) is 12.4. The topological polar surface area (TPSA) is 57.6 Å². The van der Waals surface area contributed by atoms with Crippen LogP contribution in [0.15, 0.2) is 18.2 Å². The van der Waals surface area contributed by atoms with Gasteiger partial charge in [0, 0.05) is 24.2 Å². The largest absolute Gasteiger partial charge is 0.478 e. The minimum Gasteiger partial charge on any atom is -0.478 e. The summed E-state index contributed by atoms with van der Waals surface area (Å²) in [5.41, 5.74) is 1.15. The number of terminal acetylenes is 1. The van der Waals surface area contributed by atoms with Gasteiger partial charge in [0.05, 0.1) is 5.56 Å². The van der Waals surface area contributed by atoms with Crippen molar-refractivity contribution in [2.24, 2.45) is 0 Å². The van der Waals surface area contributed by atoms with E-state index < -0.39 is 5.97 Å². The van der Waals surface area contributed by atoms with Gasteiger partial charge in [-0.2, -0.15) is 0 Å². The standard InChI is InChI=1S/C13H11NO3/c1-2-9-6-10(13(16)17)8-11(7-9)14-5-3-4-12(14)15/h1,6-8H,3-5H2,(H,16,17). The summed E-state index contributed by atoms with van der Waals surface area (Å²) in [4.78, 5) is 24.1. The van der Waals surface area contributed by atoms with Gasteiger partial charge in [-0.1, -0.05) is 5.92 Å². The second-order valence-electron chi connectivity index (χ2n) is 3.87. The van der Waals surface area contributed by atoms with Gasteiger partial charge in [-0.25, -0.2) is 4.79 Å². The van der Waals surface area contributed by atoms with Crippen molar-refractivity contribution >= 4 is 17.6 Å². The zero-order valence-electron chi connectivity index (χ0n) is 9.14. The molecule has 4 nitrogen and oxygen atoms in total. The van der Waals surface area contributed by atoms with Crippen LogP contribution in [0.2, 0.25) is 0 Å². The first-order valence-electron chi connectivity index (χ1n) is 5.27. The minimum atomic E-state index is -1.05. The van der Waals surface area contributed by atoms with Gasteiger partial charge in [-0.05, 0) is 24.6 Å². The number of carboxylic acids is 1. The molecule has 0 unspecified atom stereocenters. The van der Waals surface area contributed by atoms with Crippen molar-refractivity contribution in [2.75, 3.05) is 11.4 Å². The summed E-state index contributed by atoms with van der Waals surface area (Å²) in [6.45, 7) is 0.617. The summed E-state index contributed by atoms with van der Waals surface area (Å²) in [7, 11) is 0. The molecule has 17 heavy (non-hydrogen) atoms. The second-order valence-corrected chi connectivity index (χ2v) is 3.87. The number of benzene rings is 1. The highest BCUT2D eigenvalue weighted by molar-refractivity contribution is 5.97. The molecule has 0 aliphatic carbocycles. The maximum absolute atomic E-state index is 11.6. The van der Waals surface area contributed by atoms with Crippen molar-refractivity contribution in [3.05, 3.63) is 29.3 Å². The van der Waals surface area contributed by atoms with Crippen LogP contribution in [-0.4, -0.2) is 23.5 Å². The van der Waals surface area contributed by atoms with E-state index in [1.807, 2.05) is 0 Å². The monoisotopic (exact) mass is 229 g/mol. The number of rotatable bonds is 2. The molecule has 0 bridgehead atoms. The first-order valence-corrected chi connectivity index (χ1v) is 5.27. The molecule has 1 heterocycles. The molecule has 0 aromatic heterocycles. The number of carbonyl (C=O) groups is 2. The first kappa shape index (κ1) is 11.2. The molecule has 0 saturated carbocycles. The van der Waals surface area contributed by atoms with Crippen LogP contribution in [0, 0.1) is 12.3 Å². The average molecular weight is 229 g/mol. The molecule has 1 aromatic rings. The van der Waals surface area contributed by atoms with E-state index in [-0.39, 0.29) is 11.5 Å². The molecule has 1 aliphatic heterocycles. The van der Waals surface area contributed by atoms with E-state index in [9.17, 15) is 9.59 Å². The fourth-order valence-electron chi connectivity index (χ4n) is 1.89. The summed E-state index contributed by atoms with van der Waals surface area (Å²) in [5.74, 6) is 1.36. The summed E-state index contributed by atoms with van der Waals surface area (Å²) < 4.78 is 0. The van der Waals surface area contributed by atoms with Gasteiger partial charge >= 0.3 is 5.97 Å². The molecule has 1 aromatic carbocycles. The molecule has 1 N–H and O–H groups in total. The molecular weight excluding hydrogens is 218 g/mol. The highest BCUT2D eigenvalue weighted by Gasteiger charge is 2.22. The van der Waals surface area contributed by atoms with E-state index in [0.717, 1.165) is 6.42 Å². The summed E-state index contributed by atoms with van der Waals surface area (Å²) >= 11 is 0. The van der Waals surface area contributed by atoms with Gasteiger partial charge in [0.25, 0.3) is 0 Å². The van der Waals surface area contributed by atoms with E-state index in [2.05, 4.69) is 5.92 Å². The lowest BCUT2D eigenvalue weighted by atomic mass is 10.1. The van der Waals surface area contributed by atoms with Crippen molar-refractivity contribution in [2.45, 2.75) is 12.8 Å². The van der Waals surface area contributed by atoms with Gasteiger partial charge in [0.15, 0.2) is 0 Å². The van der Waals surface area contributed by atoms with E-state index in [1.165, 1.54) is 12.1 Å². The molecule has 1 saturated heterocycles. The van der Waals surface area contributed by atoms with Crippen LogP contribution in [0.3, 0.4) is 0 Å². The number of hydrogen-bond donors (Lipinski definition) is 1. The summed E-state index contributed by atoms with van der Waals surface area (Å²) in [6.07, 6.45) is 6.57. The van der Waals surface area contributed by atoms with Crippen LogP contribution in [0.25, 0.3) is 0 Å². The van der Waals surface area contributed by atoms with Gasteiger partial charge in [-0.15, -0.1) is 6.42 Å². The fourth-order valence-corrected chi connectivity index (χ4v) is 1.89. The van der Waals surface area contributed by atoms with E-state index in [0.29, 0.717) is 24.2 Å². The van der Waals surface area contributed by atoms with E-state index >= 15 is 0 Å². The lowest BCUT2D eigenvalue weighted by Crippen LogP contribution is -2.24. The average Bonchev–Trinajstić information content (AvgIpc) is 2.74. The quantitative estimate of drug-likeness (QED) is 0.782. The van der Waals surface area contributed by atoms with Gasteiger partial charge in [0.2, 0.25) is 5.91 Å². The molecule has 86 valence electrons. The number of nitrogens with zero attached hydrogens (tertiary/aromatic N) is 1. The molecular formula is C13H11NO3. The van der Waals surface area contributed by atoms with Crippen LogP contribution in [0.1, 0.15) is 28.8 Å². The molecule has 0 atom stereocenters. The third-order valence-electron chi connectivity index (χ3n) is 2.72. The Bertz CT molecular complexity index is 528. The van der Waals surface area contributed by atoms with Gasteiger partial charge < -0.3 is 10.0 Å². The lowest BCUT2D eigenvalue weighted by Gasteiger charge is -2.16. The maximum atomic E-state index is 11.6. The number of aromatic carboxylic acids is 1. The van der Waals surface area contributed by atoms with Gasteiger partial charge in [-0.3, -0.25) is 4.79 Å². The fraction of sp³-hybridized carbons (Fsp3) is 0.231. The van der Waals surface area contributed by atoms with Crippen molar-refractivity contribution in [3.63, 3.8) is 0 Å². The Hall–Kier alpha value is -2.28. The number of carbonyl (C=O) groups excluding carboxylic acids is 1. The number of anilines is 1. The third-order valence-corrected chi connectivity index (χ3v) is 2.72. The molecule has 4 heteroatoms. The smallest absolute Gasteiger partial charge is 0.335 e. The molecule has 1 aliphatic rings. The predicted octanol–water partition coefficient (Wildman–Crippen LogP) is 1.49. The molecule has 2 rings (SSSR count). The summed E-state index contributed by atoms with van der Waals surface area (Å²) in [5, 5.41) is 8.97. The highest BCUT2D eigenvalue weighted by atomic mass is 16.4. The minimum absolute atomic E-state index is 0.00973. The van der Waals surface area contributed by atoms with Crippen molar-refractivity contribution in [3.8, 4) is 12.3 Å². The Morgan fingerprint density at radius 1 is 1.41 bits per heavy atom. The molecule has 1 amide bonds. The first-order chi connectivity index (χ1) is 8.11. The van der Waals surface area contributed by atoms with Crippen LogP contribution in [0.4, 0.5) is 5.69 Å². The van der Waals surface area contributed by atoms with Crippen molar-refractivity contribution in [1.82, 2.24) is 0 Å². The van der Waals surface area contributed by atoms with Gasteiger partial charge in [0.1, 0.15) is 0 Å². The van der Waals surface area contributed by atoms with E-state index in [4.69, 9.17) is 11.5 Å². The van der Waals surface area contributed by atoms with Crippen LogP contribution < -0.4 is 4.90 Å². The molecule has 0 spiro atoms. The molecule has 0 radical (unpaired) electrons. The second kappa shape index (κ2) is 4.30. The third kappa shape index (κ3) is 2.13. The Labute approximate surface area is 98.9 Å². The number of amides is 1. The van der Waals surface area contributed by atoms with Crippen molar-refractivity contribution in [1.29, 1.82) is 0 Å². The Morgan fingerprint density at radius 2 is 2.18 bits per heavy atom. The maximum Gasteiger partial charge on any atom is 0.335 e. The van der Waals surface area contributed by atoms with Crippen LogP contribution >= 0.6 is 0 Å². The Kier molecular flexibility index (Phi) is 2.84. The van der Waals surface area contributed by atoms with Crippen molar-refractivity contribution < 1.29 is 14.7 Å². The zero-order valence-corrected chi connectivity index (χ0v) is 9.14. The summed E-state index contributed by atoms with van der Waals surface area (Å²) in [6, 6.07) is 4.56. The predicted molar refractivity (Wildman–Crippen MR) is 62.9 cm³/mol. The molecule has 1 fully saturated rings. The van der Waals surface area contributed by atoms with Crippen LogP contribution in [0.5, 0.6) is 0 Å². The van der Waals surface area contributed by atoms with Crippen LogP contribution in [-0.2, 0) is 4.79 Å².